The summed E-state index contributed by atoms with van der Waals surface area (Å²) in [6, 6.07) is 0. The molecular weight excluding hydrogens is 270 g/mol. The molecule has 5 heteroatoms. The number of likely N-dealkylation sites (N-methyl/N-ethyl adjacent to an activating group) is 1. The maximum absolute atomic E-state index is 5.93. The minimum absolute atomic E-state index is 0.363. The number of nitrogens with zero attached hydrogens (tertiary/aromatic N) is 3. The summed E-state index contributed by atoms with van der Waals surface area (Å²) in [6.07, 6.45) is 5.21. The summed E-state index contributed by atoms with van der Waals surface area (Å²) < 4.78 is 5.93. The van der Waals surface area contributed by atoms with Crippen molar-refractivity contribution in [3.63, 3.8) is 0 Å². The lowest BCUT2D eigenvalue weighted by Gasteiger charge is -2.33. The van der Waals surface area contributed by atoms with E-state index in [1.54, 1.807) is 0 Å². The Morgan fingerprint density at radius 1 is 1.45 bits per heavy atom. The smallest absolute Gasteiger partial charge is 0.0897 e. The van der Waals surface area contributed by atoms with Crippen LogP contribution < -0.4 is 0 Å². The van der Waals surface area contributed by atoms with Crippen molar-refractivity contribution in [3.8, 4) is 0 Å². The highest BCUT2D eigenvalue weighted by Gasteiger charge is 2.27. The van der Waals surface area contributed by atoms with E-state index in [1.165, 1.54) is 29.3 Å². The number of ether oxygens (including phenoxy) is 1. The van der Waals surface area contributed by atoms with Crippen LogP contribution in [0.5, 0.6) is 0 Å². The van der Waals surface area contributed by atoms with Crippen LogP contribution in [0.15, 0.2) is 6.20 Å². The van der Waals surface area contributed by atoms with Gasteiger partial charge in [-0.2, -0.15) is 0 Å². The number of aromatic nitrogens is 1. The molecule has 1 aliphatic carbocycles. The molecule has 1 aliphatic heterocycles. The van der Waals surface area contributed by atoms with Crippen LogP contribution in [0.2, 0.25) is 0 Å². The van der Waals surface area contributed by atoms with Gasteiger partial charge in [0.25, 0.3) is 0 Å². The van der Waals surface area contributed by atoms with Gasteiger partial charge in [0, 0.05) is 43.8 Å². The fourth-order valence-corrected chi connectivity index (χ4v) is 3.67. The van der Waals surface area contributed by atoms with Crippen molar-refractivity contribution in [2.45, 2.75) is 32.4 Å². The monoisotopic (exact) mass is 295 g/mol. The zero-order chi connectivity index (χ0) is 13.9. The number of hydrogen-bond acceptors (Lipinski definition) is 5. The highest BCUT2D eigenvalue weighted by molar-refractivity contribution is 7.11. The predicted molar refractivity (Wildman–Crippen MR) is 82.1 cm³/mol. The Bertz CT molecular complexity index is 433. The van der Waals surface area contributed by atoms with Crippen LogP contribution in [-0.2, 0) is 11.3 Å². The fourth-order valence-electron chi connectivity index (χ4n) is 2.83. The lowest BCUT2D eigenvalue weighted by molar-refractivity contribution is -0.0371. The lowest BCUT2D eigenvalue weighted by atomic mass is 10.2. The van der Waals surface area contributed by atoms with Crippen LogP contribution in [-0.4, -0.2) is 60.7 Å². The third kappa shape index (κ3) is 4.25. The van der Waals surface area contributed by atoms with Crippen LogP contribution >= 0.6 is 11.3 Å². The minimum atomic E-state index is 0.363. The molecule has 0 aromatic carbocycles. The summed E-state index contributed by atoms with van der Waals surface area (Å²) in [6.45, 7) is 8.39. The van der Waals surface area contributed by atoms with E-state index in [4.69, 9.17) is 4.74 Å². The molecule has 20 heavy (non-hydrogen) atoms. The molecule has 2 fully saturated rings. The highest BCUT2D eigenvalue weighted by atomic mass is 32.1. The van der Waals surface area contributed by atoms with E-state index in [9.17, 15) is 0 Å². The van der Waals surface area contributed by atoms with Crippen LogP contribution in [0.4, 0.5) is 0 Å². The Morgan fingerprint density at radius 2 is 2.30 bits per heavy atom. The third-order valence-corrected chi connectivity index (χ3v) is 4.96. The van der Waals surface area contributed by atoms with E-state index in [2.05, 4.69) is 28.8 Å². The van der Waals surface area contributed by atoms with Gasteiger partial charge in [0.15, 0.2) is 0 Å². The molecule has 0 bridgehead atoms. The normalized spacial score (nSPS) is 24.4. The van der Waals surface area contributed by atoms with Crippen molar-refractivity contribution in [1.29, 1.82) is 0 Å². The quantitative estimate of drug-likeness (QED) is 0.802. The van der Waals surface area contributed by atoms with Gasteiger partial charge in [0.2, 0.25) is 0 Å². The molecule has 1 aromatic heterocycles. The third-order valence-electron chi connectivity index (χ3n) is 4.07. The molecule has 2 aliphatic rings. The molecule has 0 amide bonds. The molecule has 0 N–H and O–H groups in total. The first-order valence-electron chi connectivity index (χ1n) is 7.63. The summed E-state index contributed by atoms with van der Waals surface area (Å²) in [7, 11) is 2.19. The van der Waals surface area contributed by atoms with Gasteiger partial charge in [0.1, 0.15) is 0 Å². The van der Waals surface area contributed by atoms with Gasteiger partial charge in [-0.25, -0.2) is 4.98 Å². The molecule has 1 saturated carbocycles. The molecular formula is C15H25N3OS. The van der Waals surface area contributed by atoms with E-state index >= 15 is 0 Å². The van der Waals surface area contributed by atoms with Crippen LogP contribution in [0.3, 0.4) is 0 Å². The SMILES string of the molecule is Cc1ncc(CN(CC2CC2)C[C@H]2CN(C)CCO2)s1. The molecule has 2 heterocycles. The summed E-state index contributed by atoms with van der Waals surface area (Å²) in [5.74, 6) is 0.922. The summed E-state index contributed by atoms with van der Waals surface area (Å²) in [5, 5.41) is 1.17. The summed E-state index contributed by atoms with van der Waals surface area (Å²) in [5.41, 5.74) is 0. The maximum atomic E-state index is 5.93. The Balaban J connectivity index is 1.56. The van der Waals surface area contributed by atoms with Crippen molar-refractivity contribution in [3.05, 3.63) is 16.1 Å². The van der Waals surface area contributed by atoms with Crippen LogP contribution in [0, 0.1) is 12.8 Å². The Labute approximate surface area is 125 Å². The van der Waals surface area contributed by atoms with Gasteiger partial charge in [-0.3, -0.25) is 4.90 Å². The van der Waals surface area contributed by atoms with Gasteiger partial charge in [-0.1, -0.05) is 0 Å². The van der Waals surface area contributed by atoms with Crippen LogP contribution in [0.25, 0.3) is 0 Å². The molecule has 1 aromatic rings. The molecule has 112 valence electrons. The molecule has 1 atom stereocenters. The van der Waals surface area contributed by atoms with Crippen molar-refractivity contribution in [2.24, 2.45) is 5.92 Å². The zero-order valence-electron chi connectivity index (χ0n) is 12.5. The first kappa shape index (κ1) is 14.4. The number of hydrogen-bond donors (Lipinski definition) is 0. The minimum Gasteiger partial charge on any atom is -0.374 e. The second kappa shape index (κ2) is 6.52. The highest BCUT2D eigenvalue weighted by Crippen LogP contribution is 2.30. The maximum Gasteiger partial charge on any atom is 0.0897 e. The lowest BCUT2D eigenvalue weighted by Crippen LogP contribution is -2.46. The average Bonchev–Trinajstić information content (AvgIpc) is 3.11. The second-order valence-corrected chi connectivity index (χ2v) is 7.56. The number of morpholine rings is 1. The predicted octanol–water partition coefficient (Wildman–Crippen LogP) is 1.99. The number of thiazole rings is 1. The van der Waals surface area contributed by atoms with Crippen molar-refractivity contribution < 1.29 is 4.74 Å². The van der Waals surface area contributed by atoms with Gasteiger partial charge >= 0.3 is 0 Å². The van der Waals surface area contributed by atoms with E-state index in [0.29, 0.717) is 6.10 Å². The Morgan fingerprint density at radius 3 is 2.95 bits per heavy atom. The van der Waals surface area contributed by atoms with Crippen LogP contribution in [0.1, 0.15) is 22.7 Å². The first-order valence-corrected chi connectivity index (χ1v) is 8.44. The Hall–Kier alpha value is -0.490. The van der Waals surface area contributed by atoms with Crippen molar-refractivity contribution >= 4 is 11.3 Å². The Kier molecular flexibility index (Phi) is 4.71. The molecule has 1 saturated heterocycles. The average molecular weight is 295 g/mol. The van der Waals surface area contributed by atoms with Crippen molar-refractivity contribution in [1.82, 2.24) is 14.8 Å². The van der Waals surface area contributed by atoms with E-state index in [0.717, 1.165) is 38.7 Å². The zero-order valence-corrected chi connectivity index (χ0v) is 13.4. The van der Waals surface area contributed by atoms with Gasteiger partial charge in [0.05, 0.1) is 17.7 Å². The topological polar surface area (TPSA) is 28.6 Å². The van der Waals surface area contributed by atoms with E-state index < -0.39 is 0 Å². The van der Waals surface area contributed by atoms with E-state index in [-0.39, 0.29) is 0 Å². The molecule has 3 rings (SSSR count). The summed E-state index contributed by atoms with van der Waals surface area (Å²) in [4.78, 5) is 10.7. The van der Waals surface area contributed by atoms with E-state index in [1.807, 2.05) is 17.5 Å². The van der Waals surface area contributed by atoms with Crippen molar-refractivity contribution in [2.75, 3.05) is 39.8 Å². The second-order valence-electron chi connectivity index (χ2n) is 6.24. The summed E-state index contributed by atoms with van der Waals surface area (Å²) >= 11 is 1.82. The van der Waals surface area contributed by atoms with Gasteiger partial charge in [-0.05, 0) is 32.7 Å². The molecule has 0 spiro atoms. The van der Waals surface area contributed by atoms with Gasteiger partial charge in [-0.15, -0.1) is 11.3 Å². The molecule has 0 unspecified atom stereocenters. The number of rotatable bonds is 6. The molecule has 4 nitrogen and oxygen atoms in total. The largest absolute Gasteiger partial charge is 0.374 e. The fraction of sp³-hybridized carbons (Fsp3) is 0.800. The number of aryl methyl sites for hydroxylation is 1. The molecule has 0 radical (unpaired) electrons. The van der Waals surface area contributed by atoms with Gasteiger partial charge < -0.3 is 9.64 Å². The first-order chi connectivity index (χ1) is 9.69. The standard InChI is InChI=1S/C15H25N3OS/c1-12-16-7-15(20-12)11-18(8-13-3-4-13)10-14-9-17(2)5-6-19-14/h7,13-14H,3-6,8-11H2,1-2H3/t14-/m1/s1.